The van der Waals surface area contributed by atoms with Crippen molar-refractivity contribution in [2.75, 3.05) is 0 Å². The van der Waals surface area contributed by atoms with Gasteiger partial charge in [-0.3, -0.25) is 0 Å². The maximum atomic E-state index is 2.50. The summed E-state index contributed by atoms with van der Waals surface area (Å²) in [4.78, 5) is 0. The van der Waals surface area contributed by atoms with Crippen LogP contribution >= 0.6 is 14.5 Å². The van der Waals surface area contributed by atoms with Crippen LogP contribution in [0.4, 0.5) is 0 Å². The van der Waals surface area contributed by atoms with Crippen LogP contribution in [-0.2, 0) is 0 Å². The third-order valence-corrected chi connectivity index (χ3v) is 21.4. The summed E-state index contributed by atoms with van der Waals surface area (Å²) in [6.45, 7) is 8.80. The maximum Gasteiger partial charge on any atom is 0.144 e. The summed E-state index contributed by atoms with van der Waals surface area (Å²) < 4.78 is 0. The number of aryl methyl sites for hydroxylation is 4. The summed E-state index contributed by atoms with van der Waals surface area (Å²) in [6.07, 6.45) is 0. The molecule has 0 aromatic heterocycles. The predicted molar refractivity (Wildman–Crippen MR) is 275 cm³/mol. The Labute approximate surface area is 368 Å². The average Bonchev–Trinajstić information content (AvgIpc) is 3.32. The first kappa shape index (κ1) is 39.7. The normalized spacial score (nSPS) is 11.9. The van der Waals surface area contributed by atoms with Crippen LogP contribution in [-0.4, -0.2) is 0 Å². The SMILES string of the molecule is Cc1ccc([P+](c2ccccc2)(c2ccc(C)cc2)c2ccc3ccccc3c2-c2c([P+](c3ccccc3)(c3ccc(C)cc3)c3ccc(C)cc3)ccc3ccccc23)cc1. The van der Waals surface area contributed by atoms with Crippen LogP contribution in [0, 0.1) is 27.7 Å². The zero-order valence-electron chi connectivity index (χ0n) is 35.8. The van der Waals surface area contributed by atoms with Crippen molar-refractivity contribution in [2.24, 2.45) is 0 Å². The lowest BCUT2D eigenvalue weighted by Crippen LogP contribution is -2.42. The molecule has 10 aromatic rings. The van der Waals surface area contributed by atoms with Crippen LogP contribution in [0.5, 0.6) is 0 Å². The van der Waals surface area contributed by atoms with Gasteiger partial charge in [0.05, 0.1) is 0 Å². The second-order valence-electron chi connectivity index (χ2n) is 16.7. The quantitative estimate of drug-likeness (QED) is 0.127. The monoisotopic (exact) mass is 832 g/mol. The fourth-order valence-electron chi connectivity index (χ4n) is 9.71. The topological polar surface area (TPSA) is 0 Å². The first-order chi connectivity index (χ1) is 30.4. The van der Waals surface area contributed by atoms with Gasteiger partial charge in [0.2, 0.25) is 0 Å². The molecule has 0 heterocycles. The Balaban J connectivity index is 1.47. The molecule has 62 heavy (non-hydrogen) atoms. The van der Waals surface area contributed by atoms with Crippen molar-refractivity contribution < 1.29 is 0 Å². The van der Waals surface area contributed by atoms with Crippen molar-refractivity contribution in [1.82, 2.24) is 0 Å². The molecule has 0 aliphatic heterocycles. The minimum absolute atomic E-state index is 1.23. The third kappa shape index (κ3) is 6.62. The van der Waals surface area contributed by atoms with E-state index in [0.29, 0.717) is 0 Å². The van der Waals surface area contributed by atoms with Gasteiger partial charge in [-0.15, -0.1) is 0 Å². The molecule has 0 aliphatic carbocycles. The Morgan fingerprint density at radius 1 is 0.226 bits per heavy atom. The molecule has 2 heteroatoms. The molecule has 0 saturated heterocycles. The lowest BCUT2D eigenvalue weighted by Gasteiger charge is -2.33. The molecule has 0 fully saturated rings. The first-order valence-electron chi connectivity index (χ1n) is 21.6. The van der Waals surface area contributed by atoms with Crippen LogP contribution in [0.1, 0.15) is 22.3 Å². The van der Waals surface area contributed by atoms with Gasteiger partial charge in [-0.1, -0.05) is 168 Å². The second kappa shape index (κ2) is 16.5. The van der Waals surface area contributed by atoms with Crippen molar-refractivity contribution in [3.63, 3.8) is 0 Å². The number of rotatable bonds is 9. The van der Waals surface area contributed by atoms with Crippen LogP contribution in [0.15, 0.2) is 231 Å². The number of fused-ring (bicyclic) bond motifs is 2. The molecular weight excluding hydrogens is 783 g/mol. The molecule has 0 bridgehead atoms. The zero-order chi connectivity index (χ0) is 42.3. The number of hydrogen-bond donors (Lipinski definition) is 0. The zero-order valence-corrected chi connectivity index (χ0v) is 37.6. The highest BCUT2D eigenvalue weighted by atomic mass is 31.2. The van der Waals surface area contributed by atoms with Crippen molar-refractivity contribution in [1.29, 1.82) is 0 Å². The van der Waals surface area contributed by atoms with Gasteiger partial charge in [0, 0.05) is 11.1 Å². The van der Waals surface area contributed by atoms with E-state index >= 15 is 0 Å². The highest BCUT2D eigenvalue weighted by Gasteiger charge is 2.53. The van der Waals surface area contributed by atoms with Gasteiger partial charge in [0.25, 0.3) is 0 Å². The summed E-state index contributed by atoms with van der Waals surface area (Å²) in [6, 6.07) is 88.6. The van der Waals surface area contributed by atoms with E-state index in [-0.39, 0.29) is 0 Å². The predicted octanol–water partition coefficient (Wildman–Crippen LogP) is 12.1. The molecule has 0 unspecified atom stereocenters. The molecule has 0 radical (unpaired) electrons. The van der Waals surface area contributed by atoms with Gasteiger partial charge in [-0.05, 0) is 134 Å². The van der Waals surface area contributed by atoms with E-state index in [0.717, 1.165) is 0 Å². The molecule has 0 atom stereocenters. The highest BCUT2D eigenvalue weighted by Crippen LogP contribution is 2.60. The van der Waals surface area contributed by atoms with E-state index < -0.39 is 14.5 Å². The van der Waals surface area contributed by atoms with E-state index in [1.165, 1.54) is 97.4 Å². The Hall–Kier alpha value is -6.42. The van der Waals surface area contributed by atoms with E-state index in [1.807, 2.05) is 0 Å². The maximum absolute atomic E-state index is 2.62. The largest absolute Gasteiger partial charge is 0.144 e. The number of benzene rings is 10. The highest BCUT2D eigenvalue weighted by molar-refractivity contribution is 8.02. The number of hydrogen-bond acceptors (Lipinski definition) is 0. The summed E-state index contributed by atoms with van der Waals surface area (Å²) >= 11 is 0. The summed E-state index contributed by atoms with van der Waals surface area (Å²) in [5, 5.41) is 15.8. The Morgan fingerprint density at radius 3 is 0.790 bits per heavy atom. The minimum Gasteiger partial charge on any atom is -0.0620 e. The molecule has 0 N–H and O–H groups in total. The van der Waals surface area contributed by atoms with Gasteiger partial charge in [-0.2, -0.15) is 0 Å². The van der Waals surface area contributed by atoms with Crippen LogP contribution < -0.4 is 42.4 Å². The van der Waals surface area contributed by atoms with Gasteiger partial charge >= 0.3 is 0 Å². The lowest BCUT2D eigenvalue weighted by atomic mass is 9.93. The second-order valence-corrected chi connectivity index (χ2v) is 23.5. The molecule has 0 saturated carbocycles. The van der Waals surface area contributed by atoms with Crippen LogP contribution in [0.25, 0.3) is 32.7 Å². The van der Waals surface area contributed by atoms with E-state index in [2.05, 4.69) is 258 Å². The summed E-state index contributed by atoms with van der Waals surface area (Å²) in [5.74, 6) is 0. The van der Waals surface area contributed by atoms with Gasteiger partial charge < -0.3 is 0 Å². The fraction of sp³-hybridized carbons (Fsp3) is 0.0667. The molecule has 10 rings (SSSR count). The fourth-order valence-corrected chi connectivity index (χ4v) is 18.5. The Morgan fingerprint density at radius 2 is 0.484 bits per heavy atom. The van der Waals surface area contributed by atoms with Gasteiger partial charge in [-0.25, -0.2) is 0 Å². The molecule has 0 spiro atoms. The molecular formula is C60H50P2+2. The standard InChI is InChI=1S/C60H50P2/c1-43-23-33-51(34-24-43)61(49-17-7-5-8-18-49,52-35-25-44(2)26-36-52)57-41-31-47-15-11-13-21-55(47)59(57)60-56-22-14-12-16-48(56)32-42-58(60)62(50-19-9-6-10-20-50,53-37-27-45(3)28-38-53)54-39-29-46(4)30-40-54/h5-42H,1-4H3/q+2. The average molecular weight is 833 g/mol. The van der Waals surface area contributed by atoms with E-state index in [4.69, 9.17) is 0 Å². The van der Waals surface area contributed by atoms with Crippen molar-refractivity contribution in [3.8, 4) is 11.1 Å². The molecule has 0 amide bonds. The van der Waals surface area contributed by atoms with Crippen LogP contribution in [0.3, 0.4) is 0 Å². The van der Waals surface area contributed by atoms with Gasteiger partial charge in [0.1, 0.15) is 57.0 Å². The van der Waals surface area contributed by atoms with Crippen LogP contribution in [0.2, 0.25) is 0 Å². The van der Waals surface area contributed by atoms with Crippen molar-refractivity contribution in [2.45, 2.75) is 27.7 Å². The third-order valence-electron chi connectivity index (χ3n) is 12.8. The van der Waals surface area contributed by atoms with E-state index in [1.54, 1.807) is 0 Å². The molecule has 298 valence electrons. The molecule has 10 aromatic carbocycles. The lowest BCUT2D eigenvalue weighted by molar-refractivity contribution is 1.48. The van der Waals surface area contributed by atoms with Gasteiger partial charge in [0.15, 0.2) is 0 Å². The van der Waals surface area contributed by atoms with Crippen molar-refractivity contribution in [3.05, 3.63) is 253 Å². The Bertz CT molecular complexity index is 2860. The minimum atomic E-state index is -2.62. The summed E-state index contributed by atoms with van der Waals surface area (Å²) in [5.41, 5.74) is 7.65. The molecule has 0 nitrogen and oxygen atoms in total. The summed E-state index contributed by atoms with van der Waals surface area (Å²) in [7, 11) is -5.24. The Kier molecular flexibility index (Phi) is 10.5. The molecule has 0 aliphatic rings. The first-order valence-corrected chi connectivity index (χ1v) is 25.2. The smallest absolute Gasteiger partial charge is 0.0620 e. The van der Waals surface area contributed by atoms with E-state index in [9.17, 15) is 0 Å². The van der Waals surface area contributed by atoms with Crippen molar-refractivity contribution >= 4 is 78.5 Å².